The molecular weight excluding hydrogens is 441 g/mol. The molecule has 0 atom stereocenters. The quantitative estimate of drug-likeness (QED) is 0.273. The van der Waals surface area contributed by atoms with E-state index in [0.717, 1.165) is 19.5 Å². The molecule has 0 aliphatic carbocycles. The topological polar surface area (TPSA) is 73.3 Å². The standard InChI is InChI=1S/C25H21ClFN3O2.CH4/c26-18-7-9-19(10-8-18)29-25(32)20-5-2-1-4-16(20)15-23(31)21-11-6-17(14-22(21)27)24(28)30-12-3-13-30;/h1-2,4-11,14,28H,3,12-13,15H2,(H,29,32);1H4. The SMILES string of the molecule is C.N=C(c1ccc(C(=O)Cc2ccccc2C(=O)Nc2ccc(Cl)cc2)c(F)c1)N1CCC1. The van der Waals surface area contributed by atoms with Crippen molar-refractivity contribution in [3.63, 3.8) is 0 Å². The number of rotatable bonds is 6. The monoisotopic (exact) mass is 465 g/mol. The molecule has 170 valence electrons. The minimum Gasteiger partial charge on any atom is -0.356 e. The van der Waals surface area contributed by atoms with Crippen LogP contribution in [0, 0.1) is 11.2 Å². The van der Waals surface area contributed by atoms with Crippen LogP contribution in [0.15, 0.2) is 66.7 Å². The van der Waals surface area contributed by atoms with Crippen LogP contribution in [0.4, 0.5) is 10.1 Å². The zero-order valence-electron chi connectivity index (χ0n) is 17.2. The summed E-state index contributed by atoms with van der Waals surface area (Å²) in [6.45, 7) is 1.58. The molecule has 0 radical (unpaired) electrons. The molecule has 5 nitrogen and oxygen atoms in total. The number of benzene rings is 3. The van der Waals surface area contributed by atoms with Crippen molar-refractivity contribution in [2.45, 2.75) is 20.3 Å². The van der Waals surface area contributed by atoms with Gasteiger partial charge >= 0.3 is 0 Å². The van der Waals surface area contributed by atoms with E-state index in [1.165, 1.54) is 12.1 Å². The number of carbonyl (C=O) groups excluding carboxylic acids is 2. The van der Waals surface area contributed by atoms with Crippen molar-refractivity contribution in [2.24, 2.45) is 0 Å². The van der Waals surface area contributed by atoms with Gasteiger partial charge in [0.2, 0.25) is 0 Å². The second kappa shape index (κ2) is 10.4. The van der Waals surface area contributed by atoms with E-state index < -0.39 is 11.6 Å². The Hall–Kier alpha value is -3.51. The van der Waals surface area contributed by atoms with E-state index in [1.807, 2.05) is 4.90 Å². The predicted molar refractivity (Wildman–Crippen MR) is 130 cm³/mol. The maximum atomic E-state index is 14.7. The van der Waals surface area contributed by atoms with Crippen LogP contribution < -0.4 is 5.32 Å². The molecule has 0 unspecified atom stereocenters. The number of ketones is 1. The molecule has 1 aliphatic rings. The van der Waals surface area contributed by atoms with Gasteiger partial charge in [0.25, 0.3) is 5.91 Å². The van der Waals surface area contributed by atoms with E-state index in [-0.39, 0.29) is 31.2 Å². The third-order valence-corrected chi connectivity index (χ3v) is 5.68. The lowest BCUT2D eigenvalue weighted by atomic mass is 9.97. The second-order valence-electron chi connectivity index (χ2n) is 7.60. The number of Topliss-reactive ketones (excluding diaryl/α,β-unsaturated/α-hetero) is 1. The number of halogens is 2. The molecule has 7 heteroatoms. The summed E-state index contributed by atoms with van der Waals surface area (Å²) < 4.78 is 14.7. The van der Waals surface area contributed by atoms with Gasteiger partial charge in [-0.15, -0.1) is 0 Å². The van der Waals surface area contributed by atoms with Crippen LogP contribution in [-0.2, 0) is 6.42 Å². The molecule has 2 N–H and O–H groups in total. The average molecular weight is 466 g/mol. The highest BCUT2D eigenvalue weighted by Gasteiger charge is 2.21. The van der Waals surface area contributed by atoms with E-state index in [1.54, 1.807) is 54.6 Å². The number of anilines is 1. The Morgan fingerprint density at radius 2 is 1.70 bits per heavy atom. The third kappa shape index (κ3) is 5.46. The van der Waals surface area contributed by atoms with Crippen LogP contribution in [0.25, 0.3) is 0 Å². The molecule has 3 aromatic carbocycles. The first-order valence-electron chi connectivity index (χ1n) is 10.2. The van der Waals surface area contributed by atoms with E-state index >= 15 is 0 Å². The smallest absolute Gasteiger partial charge is 0.255 e. The fourth-order valence-corrected chi connectivity index (χ4v) is 3.63. The Kier molecular flexibility index (Phi) is 7.61. The number of carbonyl (C=O) groups is 2. The van der Waals surface area contributed by atoms with E-state index in [9.17, 15) is 14.0 Å². The summed E-state index contributed by atoms with van der Waals surface area (Å²) in [5.74, 6) is -1.20. The fraction of sp³-hybridized carbons (Fsp3) is 0.192. The van der Waals surface area contributed by atoms with Crippen molar-refractivity contribution >= 4 is 34.8 Å². The van der Waals surface area contributed by atoms with Crippen molar-refractivity contribution < 1.29 is 14.0 Å². The highest BCUT2D eigenvalue weighted by molar-refractivity contribution is 6.30. The fourth-order valence-electron chi connectivity index (χ4n) is 3.51. The minimum atomic E-state index is -0.666. The van der Waals surface area contributed by atoms with Gasteiger partial charge in [0.15, 0.2) is 5.78 Å². The van der Waals surface area contributed by atoms with Gasteiger partial charge in [0.1, 0.15) is 11.7 Å². The van der Waals surface area contributed by atoms with Gasteiger partial charge in [-0.1, -0.05) is 43.3 Å². The molecule has 1 fully saturated rings. The number of nitrogens with zero attached hydrogens (tertiary/aromatic N) is 1. The van der Waals surface area contributed by atoms with Crippen LogP contribution >= 0.6 is 11.6 Å². The van der Waals surface area contributed by atoms with Crippen molar-refractivity contribution in [3.8, 4) is 0 Å². The first kappa shape index (κ1) is 24.1. The second-order valence-corrected chi connectivity index (χ2v) is 8.04. The predicted octanol–water partition coefficient (Wildman–Crippen LogP) is 5.82. The van der Waals surface area contributed by atoms with Gasteiger partial charge in [-0.2, -0.15) is 0 Å². The Morgan fingerprint density at radius 1 is 1.00 bits per heavy atom. The molecule has 4 rings (SSSR count). The largest absolute Gasteiger partial charge is 0.356 e. The minimum absolute atomic E-state index is 0. The number of amidine groups is 1. The first-order valence-corrected chi connectivity index (χ1v) is 10.6. The Balaban J connectivity index is 0.00000306. The Bertz CT molecular complexity index is 1190. The summed E-state index contributed by atoms with van der Waals surface area (Å²) in [6.07, 6.45) is 0.899. The number of hydrogen-bond acceptors (Lipinski definition) is 3. The molecule has 1 amide bonds. The first-order chi connectivity index (χ1) is 15.4. The lowest BCUT2D eigenvalue weighted by Crippen LogP contribution is -2.42. The molecule has 0 bridgehead atoms. The molecule has 1 saturated heterocycles. The summed E-state index contributed by atoms with van der Waals surface area (Å²) in [5, 5.41) is 11.5. The molecule has 0 saturated carbocycles. The van der Waals surface area contributed by atoms with Crippen LogP contribution in [0.3, 0.4) is 0 Å². The van der Waals surface area contributed by atoms with Gasteiger partial charge in [0.05, 0.1) is 5.56 Å². The maximum Gasteiger partial charge on any atom is 0.255 e. The zero-order valence-corrected chi connectivity index (χ0v) is 18.0. The molecule has 3 aromatic rings. The van der Waals surface area contributed by atoms with Crippen LogP contribution in [0.5, 0.6) is 0 Å². The molecule has 0 spiro atoms. The highest BCUT2D eigenvalue weighted by atomic mass is 35.5. The molecule has 33 heavy (non-hydrogen) atoms. The van der Waals surface area contributed by atoms with Crippen molar-refractivity contribution in [1.82, 2.24) is 4.90 Å². The molecule has 1 heterocycles. The third-order valence-electron chi connectivity index (χ3n) is 5.43. The van der Waals surface area contributed by atoms with E-state index in [2.05, 4.69) is 5.32 Å². The lowest BCUT2D eigenvalue weighted by Gasteiger charge is -2.33. The van der Waals surface area contributed by atoms with Gasteiger partial charge in [-0.25, -0.2) is 4.39 Å². The number of likely N-dealkylation sites (tertiary alicyclic amines) is 1. The van der Waals surface area contributed by atoms with Gasteiger partial charge in [-0.05, 0) is 54.4 Å². The Morgan fingerprint density at radius 3 is 2.33 bits per heavy atom. The lowest BCUT2D eigenvalue weighted by molar-refractivity contribution is 0.0988. The van der Waals surface area contributed by atoms with Crippen LogP contribution in [0.1, 0.15) is 45.7 Å². The van der Waals surface area contributed by atoms with Gasteiger partial charge in [0, 0.05) is 41.3 Å². The molecule has 1 aliphatic heterocycles. The van der Waals surface area contributed by atoms with Gasteiger partial charge in [-0.3, -0.25) is 15.0 Å². The summed E-state index contributed by atoms with van der Waals surface area (Å²) >= 11 is 5.88. The normalized spacial score (nSPS) is 12.4. The number of nitrogens with one attached hydrogen (secondary N) is 2. The van der Waals surface area contributed by atoms with Crippen molar-refractivity contribution in [1.29, 1.82) is 5.41 Å². The van der Waals surface area contributed by atoms with E-state index in [0.29, 0.717) is 27.4 Å². The Labute approximate surface area is 197 Å². The van der Waals surface area contributed by atoms with Crippen molar-refractivity contribution in [3.05, 3.63) is 99.8 Å². The highest BCUT2D eigenvalue weighted by Crippen LogP contribution is 2.20. The number of amides is 1. The van der Waals surface area contributed by atoms with Crippen LogP contribution in [-0.4, -0.2) is 35.5 Å². The summed E-state index contributed by atoms with van der Waals surface area (Å²) in [5.41, 5.74) is 1.81. The molecule has 0 aromatic heterocycles. The number of hydrogen-bond donors (Lipinski definition) is 2. The van der Waals surface area contributed by atoms with Crippen LogP contribution in [0.2, 0.25) is 5.02 Å². The average Bonchev–Trinajstić information content (AvgIpc) is 2.74. The summed E-state index contributed by atoms with van der Waals surface area (Å²) in [7, 11) is 0. The van der Waals surface area contributed by atoms with Gasteiger partial charge < -0.3 is 10.2 Å². The zero-order chi connectivity index (χ0) is 22.7. The molecular formula is C26H25ClFN3O2. The summed E-state index contributed by atoms with van der Waals surface area (Å²) in [6, 6.07) is 17.7. The summed E-state index contributed by atoms with van der Waals surface area (Å²) in [4.78, 5) is 27.5. The van der Waals surface area contributed by atoms with E-state index in [4.69, 9.17) is 17.0 Å². The van der Waals surface area contributed by atoms with Crippen molar-refractivity contribution in [2.75, 3.05) is 18.4 Å². The maximum absolute atomic E-state index is 14.7.